The van der Waals surface area contributed by atoms with Gasteiger partial charge in [-0.1, -0.05) is 97.8 Å². The van der Waals surface area contributed by atoms with Gasteiger partial charge < -0.3 is 5.32 Å². The fraction of sp³-hybridized carbons (Fsp3) is 0.947. The molecule has 0 saturated heterocycles. The van der Waals surface area contributed by atoms with Crippen molar-refractivity contribution < 1.29 is 0 Å². The van der Waals surface area contributed by atoms with Gasteiger partial charge in [-0.15, -0.1) is 0 Å². The maximum atomic E-state index is 3.49. The highest BCUT2D eigenvalue weighted by atomic mass is 14.8. The monoisotopic (exact) mass is 282 g/mol. The molecule has 0 bridgehead atoms. The normalized spacial score (nSPS) is 11.4. The van der Waals surface area contributed by atoms with E-state index in [0.717, 1.165) is 6.54 Å². The first-order valence-corrected chi connectivity index (χ1v) is 9.27. The number of unbranched alkanes of at least 4 members (excludes halogenated alkanes) is 12. The second-order valence-corrected chi connectivity index (χ2v) is 6.63. The lowest BCUT2D eigenvalue weighted by Crippen LogP contribution is -2.19. The SMILES string of the molecule is CCCCCCCCCCCCCCCNC[C](C)C. The molecule has 0 atom stereocenters. The van der Waals surface area contributed by atoms with Gasteiger partial charge in [-0.3, -0.25) is 0 Å². The van der Waals surface area contributed by atoms with Crippen molar-refractivity contribution in [3.8, 4) is 0 Å². The molecule has 0 fully saturated rings. The molecule has 0 aliphatic heterocycles. The molecule has 1 N–H and O–H groups in total. The molecule has 0 heterocycles. The minimum Gasteiger partial charge on any atom is -0.316 e. The molecule has 20 heavy (non-hydrogen) atoms. The third-order valence-electron chi connectivity index (χ3n) is 3.94. The third-order valence-corrected chi connectivity index (χ3v) is 3.94. The topological polar surface area (TPSA) is 12.0 Å². The van der Waals surface area contributed by atoms with Crippen LogP contribution in [-0.4, -0.2) is 13.1 Å². The Hall–Kier alpha value is -0.0400. The van der Waals surface area contributed by atoms with Gasteiger partial charge in [-0.25, -0.2) is 0 Å². The predicted molar refractivity (Wildman–Crippen MR) is 93.2 cm³/mol. The van der Waals surface area contributed by atoms with E-state index in [2.05, 4.69) is 26.1 Å². The molecule has 0 saturated carbocycles. The molecule has 0 aliphatic rings. The fourth-order valence-electron chi connectivity index (χ4n) is 2.61. The largest absolute Gasteiger partial charge is 0.316 e. The molecule has 0 aromatic carbocycles. The van der Waals surface area contributed by atoms with E-state index in [1.807, 2.05) is 0 Å². The molecular formula is C19H40N. The van der Waals surface area contributed by atoms with Crippen LogP contribution in [-0.2, 0) is 0 Å². The van der Waals surface area contributed by atoms with E-state index in [-0.39, 0.29) is 0 Å². The standard InChI is InChI=1S/C19H40N/c1-4-5-6-7-8-9-10-11-12-13-14-15-16-17-20-18-19(2)3/h20H,4-18H2,1-3H3. The average molecular weight is 283 g/mol. The fourth-order valence-corrected chi connectivity index (χ4v) is 2.61. The summed E-state index contributed by atoms with van der Waals surface area (Å²) in [6.07, 6.45) is 18.7. The van der Waals surface area contributed by atoms with Gasteiger partial charge in [0, 0.05) is 6.54 Å². The van der Waals surface area contributed by atoms with E-state index in [1.165, 1.54) is 95.9 Å². The van der Waals surface area contributed by atoms with Crippen LogP contribution in [0.1, 0.15) is 104 Å². The summed E-state index contributed by atoms with van der Waals surface area (Å²) in [6, 6.07) is 0. The zero-order chi connectivity index (χ0) is 14.9. The number of hydrogen-bond acceptors (Lipinski definition) is 1. The average Bonchev–Trinajstić information content (AvgIpc) is 2.43. The minimum absolute atomic E-state index is 1.10. The van der Waals surface area contributed by atoms with Gasteiger partial charge in [0.15, 0.2) is 0 Å². The van der Waals surface area contributed by atoms with E-state index in [0.29, 0.717) is 0 Å². The van der Waals surface area contributed by atoms with Crippen molar-refractivity contribution in [3.05, 3.63) is 5.92 Å². The molecule has 0 rings (SSSR count). The molecule has 0 aromatic rings. The van der Waals surface area contributed by atoms with Crippen molar-refractivity contribution >= 4 is 0 Å². The molecule has 1 radical (unpaired) electrons. The van der Waals surface area contributed by atoms with Crippen molar-refractivity contribution in [2.75, 3.05) is 13.1 Å². The predicted octanol–water partition coefficient (Wildman–Crippen LogP) is 6.28. The van der Waals surface area contributed by atoms with Crippen molar-refractivity contribution in [1.82, 2.24) is 5.32 Å². The Balaban J connectivity index is 2.92. The molecule has 121 valence electrons. The van der Waals surface area contributed by atoms with Crippen LogP contribution in [0, 0.1) is 5.92 Å². The van der Waals surface area contributed by atoms with Crippen molar-refractivity contribution in [2.24, 2.45) is 0 Å². The summed E-state index contributed by atoms with van der Waals surface area (Å²) in [4.78, 5) is 0. The quantitative estimate of drug-likeness (QED) is 0.328. The lowest BCUT2D eigenvalue weighted by atomic mass is 10.0. The van der Waals surface area contributed by atoms with Crippen molar-refractivity contribution in [1.29, 1.82) is 0 Å². The molecule has 1 nitrogen and oxygen atoms in total. The highest BCUT2D eigenvalue weighted by Gasteiger charge is 1.95. The summed E-state index contributed by atoms with van der Waals surface area (Å²) in [7, 11) is 0. The summed E-state index contributed by atoms with van der Waals surface area (Å²) < 4.78 is 0. The van der Waals surface area contributed by atoms with Crippen molar-refractivity contribution in [2.45, 2.75) is 104 Å². The van der Waals surface area contributed by atoms with Crippen LogP contribution in [0.2, 0.25) is 0 Å². The lowest BCUT2D eigenvalue weighted by molar-refractivity contribution is 0.533. The van der Waals surface area contributed by atoms with Crippen LogP contribution < -0.4 is 5.32 Å². The summed E-state index contributed by atoms with van der Waals surface area (Å²) in [5, 5.41) is 3.49. The van der Waals surface area contributed by atoms with Gasteiger partial charge in [0.1, 0.15) is 0 Å². The maximum absolute atomic E-state index is 3.49. The van der Waals surface area contributed by atoms with Gasteiger partial charge in [-0.05, 0) is 18.9 Å². The summed E-state index contributed by atoms with van der Waals surface area (Å²) in [6.45, 7) is 8.97. The first kappa shape index (κ1) is 20.0. The number of hydrogen-bond donors (Lipinski definition) is 1. The van der Waals surface area contributed by atoms with Crippen molar-refractivity contribution in [3.63, 3.8) is 0 Å². The second-order valence-electron chi connectivity index (χ2n) is 6.63. The summed E-state index contributed by atoms with van der Waals surface area (Å²) in [5.41, 5.74) is 0. The zero-order valence-electron chi connectivity index (χ0n) is 14.6. The van der Waals surface area contributed by atoms with E-state index < -0.39 is 0 Å². The molecule has 0 amide bonds. The first-order chi connectivity index (χ1) is 9.77. The van der Waals surface area contributed by atoms with E-state index >= 15 is 0 Å². The maximum Gasteiger partial charge on any atom is 0.000811 e. The van der Waals surface area contributed by atoms with Crippen LogP contribution in [0.15, 0.2) is 0 Å². The van der Waals surface area contributed by atoms with Gasteiger partial charge in [0.05, 0.1) is 0 Å². The summed E-state index contributed by atoms with van der Waals surface area (Å²) >= 11 is 0. The van der Waals surface area contributed by atoms with Crippen LogP contribution in [0.3, 0.4) is 0 Å². The Morgan fingerprint density at radius 2 is 1.00 bits per heavy atom. The van der Waals surface area contributed by atoms with Gasteiger partial charge in [0.2, 0.25) is 0 Å². The van der Waals surface area contributed by atoms with Crippen LogP contribution in [0.25, 0.3) is 0 Å². The highest BCUT2D eigenvalue weighted by Crippen LogP contribution is 2.12. The highest BCUT2D eigenvalue weighted by molar-refractivity contribution is 4.79. The van der Waals surface area contributed by atoms with Crippen LogP contribution in [0.5, 0.6) is 0 Å². The third kappa shape index (κ3) is 18.0. The molecule has 0 aliphatic carbocycles. The Morgan fingerprint density at radius 1 is 0.600 bits per heavy atom. The van der Waals surface area contributed by atoms with Gasteiger partial charge in [0.25, 0.3) is 0 Å². The Labute approximate surface area is 129 Å². The molecule has 1 heteroatoms. The van der Waals surface area contributed by atoms with Crippen LogP contribution in [0.4, 0.5) is 0 Å². The Bertz CT molecular complexity index is 165. The smallest absolute Gasteiger partial charge is 0.000811 e. The molecule has 0 unspecified atom stereocenters. The zero-order valence-corrected chi connectivity index (χ0v) is 14.6. The minimum atomic E-state index is 1.10. The second kappa shape index (κ2) is 17.0. The number of rotatable bonds is 16. The van der Waals surface area contributed by atoms with E-state index in [4.69, 9.17) is 0 Å². The first-order valence-electron chi connectivity index (χ1n) is 9.27. The van der Waals surface area contributed by atoms with E-state index in [9.17, 15) is 0 Å². The Morgan fingerprint density at radius 3 is 1.40 bits per heavy atom. The number of nitrogens with one attached hydrogen (secondary N) is 1. The Kier molecular flexibility index (Phi) is 17.0. The van der Waals surface area contributed by atoms with Gasteiger partial charge in [-0.2, -0.15) is 0 Å². The summed E-state index contributed by atoms with van der Waals surface area (Å²) in [5.74, 6) is 1.49. The molecular weight excluding hydrogens is 242 g/mol. The molecule has 0 aromatic heterocycles. The van der Waals surface area contributed by atoms with Gasteiger partial charge >= 0.3 is 0 Å². The van der Waals surface area contributed by atoms with E-state index in [1.54, 1.807) is 0 Å². The molecule has 0 spiro atoms. The van der Waals surface area contributed by atoms with Crippen LogP contribution >= 0.6 is 0 Å². The lowest BCUT2D eigenvalue weighted by Gasteiger charge is -2.06.